The molecule has 2 aliphatic rings. The SMILES string of the molecule is CC1CCN(CCc2nc(CNC3CC3)cs2)CC1. The number of rotatable bonds is 6. The minimum absolute atomic E-state index is 0.778. The largest absolute Gasteiger partial charge is 0.308 e. The van der Waals surface area contributed by atoms with Crippen LogP contribution in [0.3, 0.4) is 0 Å². The van der Waals surface area contributed by atoms with E-state index in [1.54, 1.807) is 0 Å². The first kappa shape index (κ1) is 13.5. The van der Waals surface area contributed by atoms with Crippen molar-refractivity contribution in [2.45, 2.75) is 51.6 Å². The molecule has 1 aliphatic carbocycles. The van der Waals surface area contributed by atoms with Gasteiger partial charge in [0.25, 0.3) is 0 Å². The number of thiazole rings is 1. The smallest absolute Gasteiger partial charge is 0.0941 e. The Morgan fingerprint density at radius 2 is 2.11 bits per heavy atom. The lowest BCUT2D eigenvalue weighted by atomic mass is 9.99. The summed E-state index contributed by atoms with van der Waals surface area (Å²) in [4.78, 5) is 7.34. The molecule has 0 bridgehead atoms. The monoisotopic (exact) mass is 279 g/mol. The molecule has 0 amide bonds. The van der Waals surface area contributed by atoms with Gasteiger partial charge in [-0.05, 0) is 44.7 Å². The summed E-state index contributed by atoms with van der Waals surface area (Å²) >= 11 is 1.83. The van der Waals surface area contributed by atoms with Crippen LogP contribution in [0.5, 0.6) is 0 Å². The average molecular weight is 279 g/mol. The van der Waals surface area contributed by atoms with Crippen LogP contribution in [-0.2, 0) is 13.0 Å². The average Bonchev–Trinajstić information content (AvgIpc) is 3.15. The molecule has 1 saturated carbocycles. The molecule has 2 heterocycles. The molecule has 3 nitrogen and oxygen atoms in total. The third-order valence-electron chi connectivity index (χ3n) is 4.27. The highest BCUT2D eigenvalue weighted by molar-refractivity contribution is 7.09. The van der Waals surface area contributed by atoms with Gasteiger partial charge in [-0.25, -0.2) is 4.98 Å². The predicted octanol–water partition coefficient (Wildman–Crippen LogP) is 2.67. The molecule has 1 saturated heterocycles. The van der Waals surface area contributed by atoms with Gasteiger partial charge in [-0.2, -0.15) is 0 Å². The summed E-state index contributed by atoms with van der Waals surface area (Å²) in [5.74, 6) is 0.927. The number of hydrogen-bond acceptors (Lipinski definition) is 4. The maximum Gasteiger partial charge on any atom is 0.0941 e. The molecule has 4 heteroatoms. The quantitative estimate of drug-likeness (QED) is 0.868. The van der Waals surface area contributed by atoms with Gasteiger partial charge in [0.1, 0.15) is 0 Å². The number of aromatic nitrogens is 1. The van der Waals surface area contributed by atoms with Crippen molar-refractivity contribution in [1.82, 2.24) is 15.2 Å². The third kappa shape index (κ3) is 4.26. The summed E-state index contributed by atoms with van der Waals surface area (Å²) in [5, 5.41) is 7.07. The second-order valence-electron chi connectivity index (χ2n) is 6.16. The van der Waals surface area contributed by atoms with Crippen LogP contribution in [0.25, 0.3) is 0 Å². The van der Waals surface area contributed by atoms with Crippen molar-refractivity contribution in [3.63, 3.8) is 0 Å². The molecule has 1 aromatic heterocycles. The number of hydrogen-bond donors (Lipinski definition) is 1. The maximum atomic E-state index is 4.74. The summed E-state index contributed by atoms with van der Waals surface area (Å²) in [7, 11) is 0. The van der Waals surface area contributed by atoms with Gasteiger partial charge in [0.15, 0.2) is 0 Å². The van der Waals surface area contributed by atoms with E-state index >= 15 is 0 Å². The van der Waals surface area contributed by atoms with Crippen LogP contribution in [0, 0.1) is 5.92 Å². The van der Waals surface area contributed by atoms with Crippen molar-refractivity contribution in [3.8, 4) is 0 Å². The molecule has 0 spiro atoms. The highest BCUT2D eigenvalue weighted by Crippen LogP contribution is 2.20. The minimum Gasteiger partial charge on any atom is -0.308 e. The second-order valence-corrected chi connectivity index (χ2v) is 7.10. The first-order valence-electron chi connectivity index (χ1n) is 7.68. The second kappa shape index (κ2) is 6.33. The Hall–Kier alpha value is -0.450. The first-order valence-corrected chi connectivity index (χ1v) is 8.56. The van der Waals surface area contributed by atoms with E-state index in [0.29, 0.717) is 0 Å². The van der Waals surface area contributed by atoms with Crippen molar-refractivity contribution in [1.29, 1.82) is 0 Å². The summed E-state index contributed by atoms with van der Waals surface area (Å²) in [6, 6.07) is 0.778. The highest BCUT2D eigenvalue weighted by atomic mass is 32.1. The number of likely N-dealkylation sites (tertiary alicyclic amines) is 1. The summed E-state index contributed by atoms with van der Waals surface area (Å²) < 4.78 is 0. The fourth-order valence-corrected chi connectivity index (χ4v) is 3.41. The van der Waals surface area contributed by atoms with Crippen molar-refractivity contribution >= 4 is 11.3 Å². The molecule has 2 fully saturated rings. The topological polar surface area (TPSA) is 28.2 Å². The van der Waals surface area contributed by atoms with Crippen LogP contribution < -0.4 is 5.32 Å². The van der Waals surface area contributed by atoms with Crippen molar-refractivity contribution in [3.05, 3.63) is 16.1 Å². The van der Waals surface area contributed by atoms with Crippen LogP contribution in [0.4, 0.5) is 0 Å². The molecule has 106 valence electrons. The van der Waals surface area contributed by atoms with Gasteiger partial charge >= 0.3 is 0 Å². The normalized spacial score (nSPS) is 21.9. The maximum absolute atomic E-state index is 4.74. The molecule has 19 heavy (non-hydrogen) atoms. The highest BCUT2D eigenvalue weighted by Gasteiger charge is 2.20. The Labute approximate surface area is 120 Å². The van der Waals surface area contributed by atoms with E-state index in [0.717, 1.165) is 24.9 Å². The zero-order valence-electron chi connectivity index (χ0n) is 11.9. The van der Waals surface area contributed by atoms with Crippen LogP contribution in [-0.4, -0.2) is 35.6 Å². The van der Waals surface area contributed by atoms with Crippen LogP contribution in [0.15, 0.2) is 5.38 Å². The molecular weight excluding hydrogens is 254 g/mol. The number of piperidine rings is 1. The lowest BCUT2D eigenvalue weighted by molar-refractivity contribution is 0.194. The first-order chi connectivity index (χ1) is 9.29. The molecule has 0 aromatic carbocycles. The molecule has 1 aromatic rings. The van der Waals surface area contributed by atoms with Crippen molar-refractivity contribution in [2.24, 2.45) is 5.92 Å². The van der Waals surface area contributed by atoms with E-state index < -0.39 is 0 Å². The number of nitrogens with zero attached hydrogens (tertiary/aromatic N) is 2. The Morgan fingerprint density at radius 1 is 1.32 bits per heavy atom. The van der Waals surface area contributed by atoms with E-state index in [9.17, 15) is 0 Å². The fourth-order valence-electron chi connectivity index (χ4n) is 2.62. The van der Waals surface area contributed by atoms with Crippen molar-refractivity contribution < 1.29 is 0 Å². The Bertz CT molecular complexity index is 392. The van der Waals surface area contributed by atoms with Gasteiger partial charge in [0.05, 0.1) is 10.7 Å². The molecule has 1 aliphatic heterocycles. The molecule has 1 N–H and O–H groups in total. The van der Waals surface area contributed by atoms with Crippen molar-refractivity contribution in [2.75, 3.05) is 19.6 Å². The van der Waals surface area contributed by atoms with Gasteiger partial charge in [-0.3, -0.25) is 0 Å². The van der Waals surface area contributed by atoms with Crippen LogP contribution >= 0.6 is 11.3 Å². The molecule has 0 unspecified atom stereocenters. The summed E-state index contributed by atoms with van der Waals surface area (Å²) in [5.41, 5.74) is 1.24. The molecular formula is C15H25N3S. The van der Waals surface area contributed by atoms with Crippen LogP contribution in [0.1, 0.15) is 43.3 Å². The van der Waals surface area contributed by atoms with Gasteiger partial charge < -0.3 is 10.2 Å². The third-order valence-corrected chi connectivity index (χ3v) is 5.22. The molecule has 3 rings (SSSR count). The Morgan fingerprint density at radius 3 is 2.84 bits per heavy atom. The Kier molecular flexibility index (Phi) is 4.51. The van der Waals surface area contributed by atoms with Gasteiger partial charge in [0.2, 0.25) is 0 Å². The summed E-state index contributed by atoms with van der Waals surface area (Å²) in [6.45, 7) is 7.08. The predicted molar refractivity (Wildman–Crippen MR) is 80.5 cm³/mol. The van der Waals surface area contributed by atoms with Gasteiger partial charge in [0, 0.05) is 30.9 Å². The Balaban J connectivity index is 1.39. The molecule has 0 radical (unpaired) electrons. The van der Waals surface area contributed by atoms with Gasteiger partial charge in [-0.15, -0.1) is 11.3 Å². The molecule has 0 atom stereocenters. The van der Waals surface area contributed by atoms with E-state index in [2.05, 4.69) is 22.5 Å². The zero-order chi connectivity index (χ0) is 13.1. The van der Waals surface area contributed by atoms with E-state index in [1.165, 1.54) is 56.0 Å². The van der Waals surface area contributed by atoms with E-state index in [-0.39, 0.29) is 0 Å². The van der Waals surface area contributed by atoms with Crippen LogP contribution in [0.2, 0.25) is 0 Å². The standard InChI is InChI=1S/C15H25N3S/c1-12-4-7-18(8-5-12)9-6-15-17-14(11-19-15)10-16-13-2-3-13/h11-13,16H,2-10H2,1H3. The number of nitrogens with one attached hydrogen (secondary N) is 1. The van der Waals surface area contributed by atoms with E-state index in [1.807, 2.05) is 11.3 Å². The lowest BCUT2D eigenvalue weighted by Gasteiger charge is -2.29. The zero-order valence-corrected chi connectivity index (χ0v) is 12.7. The lowest BCUT2D eigenvalue weighted by Crippen LogP contribution is -2.34. The minimum atomic E-state index is 0.778. The van der Waals surface area contributed by atoms with Gasteiger partial charge in [-0.1, -0.05) is 6.92 Å². The summed E-state index contributed by atoms with van der Waals surface area (Å²) in [6.07, 6.45) is 6.57. The van der Waals surface area contributed by atoms with E-state index in [4.69, 9.17) is 4.98 Å². The fraction of sp³-hybridized carbons (Fsp3) is 0.800.